The summed E-state index contributed by atoms with van der Waals surface area (Å²) in [5.74, 6) is -2.57. The molecule has 6 rings (SSSR count). The van der Waals surface area contributed by atoms with Crippen LogP contribution in [0.2, 0.25) is 0 Å². The van der Waals surface area contributed by atoms with E-state index in [1.807, 2.05) is 54.6 Å². The first kappa shape index (κ1) is 20.2. The van der Waals surface area contributed by atoms with Gasteiger partial charge in [0.25, 0.3) is 11.8 Å². The van der Waals surface area contributed by atoms with Gasteiger partial charge in [0.05, 0.1) is 23.6 Å². The number of rotatable bonds is 3. The lowest BCUT2D eigenvalue weighted by molar-refractivity contribution is -0.144. The second kappa shape index (κ2) is 7.56. The third-order valence-corrected chi connectivity index (χ3v) is 6.46. The minimum absolute atomic E-state index is 0.125. The predicted octanol–water partition coefficient (Wildman–Crippen LogP) is 4.89. The molecule has 4 aromatic rings. The number of hydrogen-bond donors (Lipinski definition) is 1. The number of carbonyl (C=O) groups is 3. The molecule has 166 valence electrons. The fraction of sp³-hybridized carbons (Fsp3) is 0.107. The second-order valence-corrected chi connectivity index (χ2v) is 8.26. The number of nitrogens with one attached hydrogen (secondary N) is 1. The Morgan fingerprint density at radius 2 is 1.41 bits per heavy atom. The van der Waals surface area contributed by atoms with E-state index in [0.29, 0.717) is 16.9 Å². The Labute approximate surface area is 195 Å². The van der Waals surface area contributed by atoms with E-state index in [1.165, 1.54) is 0 Å². The molecule has 1 atom stereocenters. The number of ether oxygens (including phenoxy) is 1. The molecule has 2 aliphatic rings. The fourth-order valence-electron chi connectivity index (χ4n) is 5.08. The highest BCUT2D eigenvalue weighted by Crippen LogP contribution is 2.49. The van der Waals surface area contributed by atoms with Crippen LogP contribution in [0.25, 0.3) is 21.5 Å². The summed E-state index contributed by atoms with van der Waals surface area (Å²) in [6.45, 7) is 1.89. The SMILES string of the molecule is CCOC(=O)C1C2=C(Nc3c1c1ccccc1c1ccccc31)C(=O)N(c1ccccc1)C2=O. The van der Waals surface area contributed by atoms with E-state index in [-0.39, 0.29) is 17.9 Å². The molecule has 2 amide bonds. The van der Waals surface area contributed by atoms with Crippen LogP contribution in [-0.2, 0) is 19.1 Å². The van der Waals surface area contributed by atoms with Gasteiger partial charge in [-0.05, 0) is 35.2 Å². The van der Waals surface area contributed by atoms with Gasteiger partial charge < -0.3 is 10.1 Å². The molecule has 0 saturated heterocycles. The maximum Gasteiger partial charge on any atom is 0.318 e. The summed E-state index contributed by atoms with van der Waals surface area (Å²) in [6, 6.07) is 24.4. The third kappa shape index (κ3) is 2.72. The van der Waals surface area contributed by atoms with E-state index >= 15 is 0 Å². The van der Waals surface area contributed by atoms with Crippen LogP contribution in [0.5, 0.6) is 0 Å². The molecule has 6 heteroatoms. The Morgan fingerprint density at radius 1 is 0.824 bits per heavy atom. The topological polar surface area (TPSA) is 75.7 Å². The molecule has 1 N–H and O–H groups in total. The highest BCUT2D eigenvalue weighted by molar-refractivity contribution is 6.37. The number of imide groups is 1. The normalized spacial score (nSPS) is 17.1. The van der Waals surface area contributed by atoms with Crippen LogP contribution >= 0.6 is 0 Å². The minimum atomic E-state index is -1.02. The number of amides is 2. The number of esters is 1. The summed E-state index contributed by atoms with van der Waals surface area (Å²) in [7, 11) is 0. The molecule has 0 aromatic heterocycles. The van der Waals surface area contributed by atoms with Crippen molar-refractivity contribution in [2.75, 3.05) is 16.8 Å². The number of nitrogens with zero attached hydrogens (tertiary/aromatic N) is 1. The van der Waals surface area contributed by atoms with Crippen LogP contribution in [-0.4, -0.2) is 24.4 Å². The smallest absolute Gasteiger partial charge is 0.318 e. The lowest BCUT2D eigenvalue weighted by atomic mass is 9.81. The molecule has 34 heavy (non-hydrogen) atoms. The quantitative estimate of drug-likeness (QED) is 0.274. The Kier molecular flexibility index (Phi) is 4.48. The van der Waals surface area contributed by atoms with Gasteiger partial charge in [-0.2, -0.15) is 0 Å². The molecule has 4 aromatic carbocycles. The highest BCUT2D eigenvalue weighted by atomic mass is 16.5. The van der Waals surface area contributed by atoms with Gasteiger partial charge in [-0.15, -0.1) is 0 Å². The zero-order valence-corrected chi connectivity index (χ0v) is 18.4. The molecule has 0 bridgehead atoms. The van der Waals surface area contributed by atoms with Crippen molar-refractivity contribution < 1.29 is 19.1 Å². The molecule has 0 fully saturated rings. The second-order valence-electron chi connectivity index (χ2n) is 8.26. The van der Waals surface area contributed by atoms with Gasteiger partial charge in [0.1, 0.15) is 11.6 Å². The standard InChI is InChI=1S/C28H20N2O4/c1-2-34-28(33)22-21-19-14-8-6-12-17(19)18-13-7-9-15-20(18)24(21)29-25-23(22)26(31)30(27(25)32)16-10-4-3-5-11-16/h3-15,22,29H,2H2,1H3. The first-order chi connectivity index (χ1) is 16.6. The lowest BCUT2D eigenvalue weighted by Crippen LogP contribution is -2.33. The van der Waals surface area contributed by atoms with E-state index in [9.17, 15) is 14.4 Å². The minimum Gasteiger partial charge on any atom is -0.465 e. The molecule has 0 spiro atoms. The van der Waals surface area contributed by atoms with Crippen LogP contribution in [0.3, 0.4) is 0 Å². The van der Waals surface area contributed by atoms with Crippen LogP contribution in [0, 0.1) is 0 Å². The van der Waals surface area contributed by atoms with Crippen LogP contribution < -0.4 is 10.2 Å². The van der Waals surface area contributed by atoms with Gasteiger partial charge in [0.15, 0.2) is 0 Å². The van der Waals surface area contributed by atoms with E-state index in [2.05, 4.69) is 5.32 Å². The maximum atomic E-state index is 13.7. The van der Waals surface area contributed by atoms with Crippen molar-refractivity contribution in [1.82, 2.24) is 0 Å². The van der Waals surface area contributed by atoms with Crippen LogP contribution in [0.15, 0.2) is 90.1 Å². The summed E-state index contributed by atoms with van der Waals surface area (Å²) in [5, 5.41) is 6.93. The predicted molar refractivity (Wildman–Crippen MR) is 130 cm³/mol. The average Bonchev–Trinajstić information content (AvgIpc) is 3.13. The number of carbonyl (C=O) groups excluding carboxylic acids is 3. The van der Waals surface area contributed by atoms with Crippen molar-refractivity contribution in [3.8, 4) is 0 Å². The van der Waals surface area contributed by atoms with Crippen LogP contribution in [0.1, 0.15) is 18.4 Å². The van der Waals surface area contributed by atoms with Gasteiger partial charge in [-0.1, -0.05) is 66.7 Å². The van der Waals surface area contributed by atoms with E-state index in [4.69, 9.17) is 4.74 Å². The van der Waals surface area contributed by atoms with Crippen molar-refractivity contribution in [2.45, 2.75) is 12.8 Å². The number of fused-ring (bicyclic) bond motifs is 6. The van der Waals surface area contributed by atoms with Crippen LogP contribution in [0.4, 0.5) is 11.4 Å². The van der Waals surface area contributed by atoms with Crippen molar-refractivity contribution in [2.24, 2.45) is 0 Å². The van der Waals surface area contributed by atoms with Crippen molar-refractivity contribution >= 4 is 50.7 Å². The molecule has 6 nitrogen and oxygen atoms in total. The monoisotopic (exact) mass is 448 g/mol. The molecule has 0 radical (unpaired) electrons. The van der Waals surface area contributed by atoms with Gasteiger partial charge >= 0.3 is 5.97 Å². The average molecular weight is 448 g/mol. The molecule has 0 aliphatic carbocycles. The third-order valence-electron chi connectivity index (χ3n) is 6.46. The molecule has 0 saturated carbocycles. The Balaban J connectivity index is 1.66. The largest absolute Gasteiger partial charge is 0.465 e. The Morgan fingerprint density at radius 3 is 2.09 bits per heavy atom. The van der Waals surface area contributed by atoms with E-state index in [1.54, 1.807) is 31.2 Å². The molecular formula is C28H20N2O4. The molecule has 2 heterocycles. The first-order valence-corrected chi connectivity index (χ1v) is 11.2. The fourth-order valence-corrected chi connectivity index (χ4v) is 5.08. The van der Waals surface area contributed by atoms with Crippen molar-refractivity contribution in [3.63, 3.8) is 0 Å². The number of benzene rings is 4. The van der Waals surface area contributed by atoms with Crippen molar-refractivity contribution in [3.05, 3.63) is 95.7 Å². The Hall–Kier alpha value is -4.45. The van der Waals surface area contributed by atoms with Gasteiger partial charge in [-0.25, -0.2) is 4.90 Å². The summed E-state index contributed by atoms with van der Waals surface area (Å²) in [5.41, 5.74) is 2.01. The first-order valence-electron chi connectivity index (χ1n) is 11.2. The summed E-state index contributed by atoms with van der Waals surface area (Å²) in [6.07, 6.45) is 0. The maximum absolute atomic E-state index is 13.7. The van der Waals surface area contributed by atoms with Crippen molar-refractivity contribution in [1.29, 1.82) is 0 Å². The zero-order chi connectivity index (χ0) is 23.4. The Bertz CT molecular complexity index is 1560. The highest BCUT2D eigenvalue weighted by Gasteiger charge is 2.49. The van der Waals surface area contributed by atoms with E-state index < -0.39 is 23.7 Å². The number of hydrogen-bond acceptors (Lipinski definition) is 5. The van der Waals surface area contributed by atoms with Gasteiger partial charge in [0, 0.05) is 10.9 Å². The summed E-state index contributed by atoms with van der Waals surface area (Å²) >= 11 is 0. The van der Waals surface area contributed by atoms with Gasteiger partial charge in [-0.3, -0.25) is 14.4 Å². The molecule has 1 unspecified atom stereocenters. The molecule has 2 aliphatic heterocycles. The number of anilines is 2. The molecular weight excluding hydrogens is 428 g/mol. The summed E-state index contributed by atoms with van der Waals surface area (Å²) in [4.78, 5) is 41.7. The zero-order valence-electron chi connectivity index (χ0n) is 18.4. The van der Waals surface area contributed by atoms with E-state index in [0.717, 1.165) is 26.4 Å². The number of para-hydroxylation sites is 1. The summed E-state index contributed by atoms with van der Waals surface area (Å²) < 4.78 is 5.45. The van der Waals surface area contributed by atoms with Gasteiger partial charge in [0.2, 0.25) is 0 Å². The lowest BCUT2D eigenvalue weighted by Gasteiger charge is -2.28.